The number of aryl methyl sites for hydroxylation is 3. The fraction of sp³-hybridized carbons (Fsp3) is 0.375. The highest BCUT2D eigenvalue weighted by Gasteiger charge is 1.91. The van der Waals surface area contributed by atoms with E-state index in [4.69, 9.17) is 10.5 Å². The molecule has 5 heteroatoms. The third-order valence-electron chi connectivity index (χ3n) is 1.34. The zero-order valence-electron chi connectivity index (χ0n) is 7.87. The Bertz CT molecular complexity index is 307. The maximum atomic E-state index is 7.48. The van der Waals surface area contributed by atoms with Gasteiger partial charge in [-0.2, -0.15) is 10.5 Å². The summed E-state index contributed by atoms with van der Waals surface area (Å²) in [5.41, 5.74) is 1.09. The largest absolute Gasteiger partial charge is 0.338 e. The van der Waals surface area contributed by atoms with Crippen molar-refractivity contribution in [1.29, 1.82) is 10.5 Å². The van der Waals surface area contributed by atoms with E-state index in [-0.39, 0.29) is 0 Å². The quantitative estimate of drug-likeness (QED) is 0.464. The Kier molecular flexibility index (Phi) is 4.75. The molecule has 0 bridgehead atoms. The highest BCUT2D eigenvalue weighted by Crippen LogP contribution is 1.95. The van der Waals surface area contributed by atoms with Crippen LogP contribution in [0.3, 0.4) is 0 Å². The van der Waals surface area contributed by atoms with Crippen LogP contribution in [-0.4, -0.2) is 9.55 Å². The van der Waals surface area contributed by atoms with Crippen LogP contribution in [0.25, 0.3) is 0 Å². The van der Waals surface area contributed by atoms with Crippen molar-refractivity contribution in [1.82, 2.24) is 14.9 Å². The molecule has 0 aliphatic carbocycles. The number of nitrogens with one attached hydrogen (secondary N) is 1. The van der Waals surface area contributed by atoms with Gasteiger partial charge in [-0.15, -0.1) is 0 Å². The predicted molar refractivity (Wildman–Crippen MR) is 47.0 cm³/mol. The van der Waals surface area contributed by atoms with E-state index >= 15 is 0 Å². The lowest BCUT2D eigenvalue weighted by molar-refractivity contribution is 0.858. The fourth-order valence-corrected chi connectivity index (χ4v) is 0.762. The van der Waals surface area contributed by atoms with Crippen molar-refractivity contribution in [3.63, 3.8) is 0 Å². The number of aromatic nitrogens is 2. The summed E-state index contributed by atoms with van der Waals surface area (Å²) < 4.78 is 2.01. The summed E-state index contributed by atoms with van der Waals surface area (Å²) in [6, 6.07) is 0. The molecule has 1 heterocycles. The molecule has 0 fully saturated rings. The van der Waals surface area contributed by atoms with Crippen LogP contribution in [0, 0.1) is 36.8 Å². The molecular formula is C8H11N5. The predicted octanol–water partition coefficient (Wildman–Crippen LogP) is 0.575. The van der Waals surface area contributed by atoms with E-state index in [1.807, 2.05) is 31.7 Å². The maximum absolute atomic E-state index is 7.48. The van der Waals surface area contributed by atoms with E-state index in [2.05, 4.69) is 4.98 Å². The normalized spacial score (nSPS) is 7.46. The highest BCUT2D eigenvalue weighted by atomic mass is 15.0. The van der Waals surface area contributed by atoms with Gasteiger partial charge in [-0.3, -0.25) is 0 Å². The second-order valence-electron chi connectivity index (χ2n) is 2.39. The number of nitriles is 2. The Morgan fingerprint density at radius 1 is 1.38 bits per heavy atom. The van der Waals surface area contributed by atoms with Gasteiger partial charge in [-0.1, -0.05) is 0 Å². The average molecular weight is 177 g/mol. The van der Waals surface area contributed by atoms with E-state index in [1.165, 1.54) is 12.4 Å². The molecule has 1 N–H and O–H groups in total. The molecule has 0 unspecified atom stereocenters. The van der Waals surface area contributed by atoms with Crippen LogP contribution in [0.4, 0.5) is 0 Å². The summed E-state index contributed by atoms with van der Waals surface area (Å²) in [7, 11) is 2.00. The number of rotatable bonds is 0. The molecule has 0 radical (unpaired) electrons. The van der Waals surface area contributed by atoms with Crippen molar-refractivity contribution in [3.05, 3.63) is 17.7 Å². The van der Waals surface area contributed by atoms with E-state index in [1.54, 1.807) is 5.32 Å². The van der Waals surface area contributed by atoms with Gasteiger partial charge in [-0.05, 0) is 13.8 Å². The third-order valence-corrected chi connectivity index (χ3v) is 1.34. The van der Waals surface area contributed by atoms with Crippen LogP contribution in [-0.2, 0) is 7.05 Å². The third kappa shape index (κ3) is 4.44. The lowest BCUT2D eigenvalue weighted by Crippen LogP contribution is -1.88. The van der Waals surface area contributed by atoms with E-state index in [0.29, 0.717) is 0 Å². The molecule has 1 aromatic heterocycles. The molecule has 0 saturated heterocycles. The standard InChI is InChI=1S/C6H10N2.C2HN3/c1-5-4-8(3)6(2)7-5;3-1-5-2-4/h4H,1-3H3;5H. The molecule has 0 aliphatic rings. The van der Waals surface area contributed by atoms with Gasteiger partial charge in [0, 0.05) is 13.2 Å². The zero-order valence-corrected chi connectivity index (χ0v) is 7.87. The van der Waals surface area contributed by atoms with Gasteiger partial charge in [0.05, 0.1) is 5.69 Å². The Morgan fingerprint density at radius 2 is 1.92 bits per heavy atom. The van der Waals surface area contributed by atoms with E-state index in [9.17, 15) is 0 Å². The van der Waals surface area contributed by atoms with Gasteiger partial charge >= 0.3 is 0 Å². The Balaban J connectivity index is 0.000000252. The topological polar surface area (TPSA) is 77.4 Å². The summed E-state index contributed by atoms with van der Waals surface area (Å²) in [5, 5.41) is 16.7. The molecule has 0 aliphatic heterocycles. The summed E-state index contributed by atoms with van der Waals surface area (Å²) in [5.74, 6) is 1.07. The van der Waals surface area contributed by atoms with Gasteiger partial charge in [-0.25, -0.2) is 10.3 Å². The fourth-order valence-electron chi connectivity index (χ4n) is 0.762. The van der Waals surface area contributed by atoms with Crippen LogP contribution in [0.2, 0.25) is 0 Å². The van der Waals surface area contributed by atoms with E-state index in [0.717, 1.165) is 11.5 Å². The monoisotopic (exact) mass is 177 g/mol. The summed E-state index contributed by atoms with van der Waals surface area (Å²) in [6.07, 6.45) is 4.82. The first-order valence-electron chi connectivity index (χ1n) is 3.61. The molecule has 0 spiro atoms. The Labute approximate surface area is 77.2 Å². The minimum atomic E-state index is 1.07. The molecular weight excluding hydrogens is 166 g/mol. The number of nitrogens with zero attached hydrogens (tertiary/aromatic N) is 4. The highest BCUT2D eigenvalue weighted by molar-refractivity contribution is 4.98. The molecule has 1 rings (SSSR count). The molecule has 1 aromatic rings. The minimum absolute atomic E-state index is 1.07. The van der Waals surface area contributed by atoms with E-state index < -0.39 is 0 Å². The van der Waals surface area contributed by atoms with Crippen LogP contribution in [0.1, 0.15) is 11.5 Å². The average Bonchev–Trinajstić information content (AvgIpc) is 2.32. The van der Waals surface area contributed by atoms with Crippen molar-refractivity contribution in [3.8, 4) is 12.4 Å². The van der Waals surface area contributed by atoms with Crippen LogP contribution < -0.4 is 5.32 Å². The van der Waals surface area contributed by atoms with Crippen molar-refractivity contribution in [2.75, 3.05) is 0 Å². The molecule has 0 amide bonds. The number of hydrogen-bond donors (Lipinski definition) is 1. The summed E-state index contributed by atoms with van der Waals surface area (Å²) in [4.78, 5) is 4.17. The van der Waals surface area contributed by atoms with Crippen LogP contribution in [0.5, 0.6) is 0 Å². The SMILES string of the molecule is Cc1cn(C)c(C)n1.N#CNC#N. The first-order valence-corrected chi connectivity index (χ1v) is 3.61. The van der Waals surface area contributed by atoms with Gasteiger partial charge in [0.2, 0.25) is 0 Å². The van der Waals surface area contributed by atoms with Gasteiger partial charge in [0.25, 0.3) is 0 Å². The zero-order chi connectivity index (χ0) is 10.3. The maximum Gasteiger partial charge on any atom is 0.190 e. The first kappa shape index (κ1) is 11.0. The second kappa shape index (κ2) is 5.62. The lowest BCUT2D eigenvalue weighted by atomic mass is 10.6. The second-order valence-corrected chi connectivity index (χ2v) is 2.39. The molecule has 68 valence electrons. The number of imidazole rings is 1. The van der Waals surface area contributed by atoms with Gasteiger partial charge in [0.15, 0.2) is 12.4 Å². The van der Waals surface area contributed by atoms with Crippen molar-refractivity contribution in [2.24, 2.45) is 7.05 Å². The van der Waals surface area contributed by atoms with Gasteiger partial charge in [0.1, 0.15) is 5.82 Å². The summed E-state index contributed by atoms with van der Waals surface area (Å²) >= 11 is 0. The number of hydrogen-bond acceptors (Lipinski definition) is 4. The minimum Gasteiger partial charge on any atom is -0.338 e. The van der Waals surface area contributed by atoms with Crippen molar-refractivity contribution < 1.29 is 0 Å². The van der Waals surface area contributed by atoms with Crippen LogP contribution in [0.15, 0.2) is 6.20 Å². The molecule has 5 nitrogen and oxygen atoms in total. The summed E-state index contributed by atoms with van der Waals surface area (Å²) in [6.45, 7) is 3.99. The Morgan fingerprint density at radius 3 is 2.00 bits per heavy atom. The van der Waals surface area contributed by atoms with Gasteiger partial charge < -0.3 is 4.57 Å². The lowest BCUT2D eigenvalue weighted by Gasteiger charge is -1.87. The molecule has 0 saturated carbocycles. The van der Waals surface area contributed by atoms with Crippen LogP contribution >= 0.6 is 0 Å². The van der Waals surface area contributed by atoms with Crippen molar-refractivity contribution in [2.45, 2.75) is 13.8 Å². The molecule has 13 heavy (non-hydrogen) atoms. The smallest absolute Gasteiger partial charge is 0.190 e. The molecule has 0 aromatic carbocycles. The Hall–Kier alpha value is -2.01. The first-order chi connectivity index (χ1) is 6.11. The molecule has 0 atom stereocenters. The van der Waals surface area contributed by atoms with Crippen molar-refractivity contribution >= 4 is 0 Å².